The van der Waals surface area contributed by atoms with Crippen LogP contribution in [0.5, 0.6) is 0 Å². The highest BCUT2D eigenvalue weighted by Crippen LogP contribution is 2.12. The molecule has 1 aromatic rings. The molecule has 0 saturated carbocycles. The van der Waals surface area contributed by atoms with Gasteiger partial charge in [-0.05, 0) is 25.5 Å². The van der Waals surface area contributed by atoms with Gasteiger partial charge in [-0.15, -0.1) is 0 Å². The Morgan fingerprint density at radius 2 is 2.06 bits per heavy atom. The van der Waals surface area contributed by atoms with Crippen molar-refractivity contribution in [3.63, 3.8) is 0 Å². The van der Waals surface area contributed by atoms with Crippen molar-refractivity contribution in [2.24, 2.45) is 5.92 Å². The molecule has 1 unspecified atom stereocenters. The third-order valence-electron chi connectivity index (χ3n) is 3.08. The van der Waals surface area contributed by atoms with Crippen molar-refractivity contribution in [3.05, 3.63) is 17.5 Å². The molecule has 0 aliphatic carbocycles. The first-order valence-corrected chi connectivity index (χ1v) is 6.83. The lowest BCUT2D eigenvalue weighted by Gasteiger charge is -2.21. The fourth-order valence-electron chi connectivity index (χ4n) is 1.81. The molecule has 0 fully saturated rings. The lowest BCUT2D eigenvalue weighted by Crippen LogP contribution is -2.26. The summed E-state index contributed by atoms with van der Waals surface area (Å²) in [5.74, 6) is 1.50. The SMILES string of the molecule is CCNCc1cc(C)nc(N(C)CC(C)CC)n1. The highest BCUT2D eigenvalue weighted by molar-refractivity contribution is 5.31. The van der Waals surface area contributed by atoms with E-state index < -0.39 is 0 Å². The van der Waals surface area contributed by atoms with Crippen LogP contribution in [0.15, 0.2) is 6.07 Å². The topological polar surface area (TPSA) is 41.1 Å². The Balaban J connectivity index is 2.77. The van der Waals surface area contributed by atoms with Gasteiger partial charge in [-0.3, -0.25) is 0 Å². The lowest BCUT2D eigenvalue weighted by atomic mass is 10.1. The highest BCUT2D eigenvalue weighted by Gasteiger charge is 2.10. The molecule has 4 heteroatoms. The van der Waals surface area contributed by atoms with Crippen molar-refractivity contribution in [1.82, 2.24) is 15.3 Å². The molecule has 0 bridgehead atoms. The molecule has 0 saturated heterocycles. The van der Waals surface area contributed by atoms with E-state index in [2.05, 4.69) is 48.0 Å². The Morgan fingerprint density at radius 1 is 1.33 bits per heavy atom. The molecule has 0 radical (unpaired) electrons. The van der Waals surface area contributed by atoms with Crippen LogP contribution in [0, 0.1) is 12.8 Å². The standard InChI is InChI=1S/C14H26N4/c1-6-11(3)10-18(5)14-16-12(4)8-13(17-14)9-15-7-2/h8,11,15H,6-7,9-10H2,1-5H3. The summed E-state index contributed by atoms with van der Waals surface area (Å²) < 4.78 is 0. The Labute approximate surface area is 111 Å². The number of aryl methyl sites for hydroxylation is 1. The molecule has 1 heterocycles. The number of rotatable bonds is 7. The summed E-state index contributed by atoms with van der Waals surface area (Å²) in [5.41, 5.74) is 2.10. The summed E-state index contributed by atoms with van der Waals surface area (Å²) in [6.07, 6.45) is 1.18. The van der Waals surface area contributed by atoms with Gasteiger partial charge in [0.05, 0.1) is 5.69 Å². The number of hydrogen-bond donors (Lipinski definition) is 1. The monoisotopic (exact) mass is 250 g/mol. The Kier molecular flexibility index (Phi) is 6.05. The van der Waals surface area contributed by atoms with Crippen LogP contribution in [0.25, 0.3) is 0 Å². The molecule has 1 aromatic heterocycles. The number of nitrogens with one attached hydrogen (secondary N) is 1. The van der Waals surface area contributed by atoms with Gasteiger partial charge in [0, 0.05) is 25.8 Å². The van der Waals surface area contributed by atoms with E-state index in [4.69, 9.17) is 0 Å². The molecule has 0 spiro atoms. The van der Waals surface area contributed by atoms with Crippen molar-refractivity contribution < 1.29 is 0 Å². The maximum Gasteiger partial charge on any atom is 0.225 e. The lowest BCUT2D eigenvalue weighted by molar-refractivity contribution is 0.554. The minimum atomic E-state index is 0.663. The molecular weight excluding hydrogens is 224 g/mol. The smallest absolute Gasteiger partial charge is 0.225 e. The molecule has 1 atom stereocenters. The van der Waals surface area contributed by atoms with Crippen molar-refractivity contribution in [1.29, 1.82) is 0 Å². The van der Waals surface area contributed by atoms with Crippen molar-refractivity contribution in [2.45, 2.75) is 40.7 Å². The first-order valence-electron chi connectivity index (χ1n) is 6.83. The van der Waals surface area contributed by atoms with Gasteiger partial charge in [0.15, 0.2) is 0 Å². The second-order valence-electron chi connectivity index (χ2n) is 4.97. The number of aromatic nitrogens is 2. The second-order valence-corrected chi connectivity index (χ2v) is 4.97. The van der Waals surface area contributed by atoms with E-state index in [9.17, 15) is 0 Å². The third-order valence-corrected chi connectivity index (χ3v) is 3.08. The summed E-state index contributed by atoms with van der Waals surface area (Å²) >= 11 is 0. The Morgan fingerprint density at radius 3 is 2.67 bits per heavy atom. The van der Waals surface area contributed by atoms with Gasteiger partial charge in [-0.25, -0.2) is 9.97 Å². The van der Waals surface area contributed by atoms with Gasteiger partial charge >= 0.3 is 0 Å². The van der Waals surface area contributed by atoms with Gasteiger partial charge in [0.25, 0.3) is 0 Å². The molecule has 0 aliphatic heterocycles. The maximum absolute atomic E-state index is 4.61. The van der Waals surface area contributed by atoms with Crippen LogP contribution in [0.2, 0.25) is 0 Å². The first kappa shape index (κ1) is 14.9. The summed E-state index contributed by atoms with van der Waals surface area (Å²) in [6.45, 7) is 11.4. The van der Waals surface area contributed by atoms with E-state index in [-0.39, 0.29) is 0 Å². The highest BCUT2D eigenvalue weighted by atomic mass is 15.2. The van der Waals surface area contributed by atoms with Gasteiger partial charge < -0.3 is 10.2 Å². The summed E-state index contributed by atoms with van der Waals surface area (Å²) in [6, 6.07) is 2.04. The van der Waals surface area contributed by atoms with Gasteiger partial charge in [-0.1, -0.05) is 27.2 Å². The largest absolute Gasteiger partial charge is 0.344 e. The fraction of sp³-hybridized carbons (Fsp3) is 0.714. The van der Waals surface area contributed by atoms with E-state index in [1.807, 2.05) is 13.0 Å². The minimum Gasteiger partial charge on any atom is -0.344 e. The molecule has 0 amide bonds. The van der Waals surface area contributed by atoms with E-state index in [0.717, 1.165) is 37.0 Å². The average molecular weight is 250 g/mol. The third kappa shape index (κ3) is 4.61. The molecule has 18 heavy (non-hydrogen) atoms. The van der Waals surface area contributed by atoms with E-state index in [1.54, 1.807) is 0 Å². The van der Waals surface area contributed by atoms with E-state index in [0.29, 0.717) is 5.92 Å². The predicted octanol–water partition coefficient (Wildman–Crippen LogP) is 2.38. The zero-order valence-electron chi connectivity index (χ0n) is 12.3. The van der Waals surface area contributed by atoms with Crippen LogP contribution in [-0.4, -0.2) is 30.1 Å². The zero-order chi connectivity index (χ0) is 13.5. The minimum absolute atomic E-state index is 0.663. The van der Waals surface area contributed by atoms with Crippen LogP contribution >= 0.6 is 0 Å². The van der Waals surface area contributed by atoms with Gasteiger partial charge in [0.1, 0.15) is 0 Å². The summed E-state index contributed by atoms with van der Waals surface area (Å²) in [4.78, 5) is 11.3. The maximum atomic E-state index is 4.61. The molecule has 0 aliphatic rings. The normalized spacial score (nSPS) is 12.5. The quantitative estimate of drug-likeness (QED) is 0.806. The Bertz CT molecular complexity index is 365. The van der Waals surface area contributed by atoms with Crippen LogP contribution in [0.4, 0.5) is 5.95 Å². The van der Waals surface area contributed by atoms with Crippen molar-refractivity contribution in [2.75, 3.05) is 25.0 Å². The summed E-state index contributed by atoms with van der Waals surface area (Å²) in [7, 11) is 2.07. The van der Waals surface area contributed by atoms with Crippen LogP contribution in [0.1, 0.15) is 38.6 Å². The number of nitrogens with zero attached hydrogens (tertiary/aromatic N) is 3. The van der Waals surface area contributed by atoms with Crippen molar-refractivity contribution in [3.8, 4) is 0 Å². The molecule has 0 aromatic carbocycles. The zero-order valence-corrected chi connectivity index (χ0v) is 12.3. The number of anilines is 1. The van der Waals surface area contributed by atoms with Gasteiger partial charge in [-0.2, -0.15) is 0 Å². The van der Waals surface area contributed by atoms with Crippen molar-refractivity contribution >= 4 is 5.95 Å². The second kappa shape index (κ2) is 7.31. The molecule has 4 nitrogen and oxygen atoms in total. The molecule has 1 N–H and O–H groups in total. The van der Waals surface area contributed by atoms with Gasteiger partial charge in [0.2, 0.25) is 5.95 Å². The van der Waals surface area contributed by atoms with Crippen LogP contribution in [-0.2, 0) is 6.54 Å². The van der Waals surface area contributed by atoms with E-state index >= 15 is 0 Å². The molecule has 1 rings (SSSR count). The fourth-order valence-corrected chi connectivity index (χ4v) is 1.81. The predicted molar refractivity (Wildman–Crippen MR) is 76.9 cm³/mol. The molecular formula is C14H26N4. The number of hydrogen-bond acceptors (Lipinski definition) is 4. The van der Waals surface area contributed by atoms with E-state index in [1.165, 1.54) is 6.42 Å². The van der Waals surface area contributed by atoms with Crippen LogP contribution in [0.3, 0.4) is 0 Å². The first-order chi connectivity index (χ1) is 8.56. The molecule has 102 valence electrons. The Hall–Kier alpha value is -1.16. The summed E-state index contributed by atoms with van der Waals surface area (Å²) in [5, 5.41) is 3.30. The van der Waals surface area contributed by atoms with Crippen LogP contribution < -0.4 is 10.2 Å². The average Bonchev–Trinajstić information content (AvgIpc) is 2.35.